The molecule has 0 spiro atoms. The number of rotatable bonds is 4. The SMILES string of the molecule is Nc1nn(CCCN2CCCC2)c2ccc(O)cc12. The molecule has 1 saturated heterocycles. The lowest BCUT2D eigenvalue weighted by atomic mass is 10.2. The predicted molar refractivity (Wildman–Crippen MR) is 76.1 cm³/mol. The highest BCUT2D eigenvalue weighted by Crippen LogP contribution is 2.24. The summed E-state index contributed by atoms with van der Waals surface area (Å²) in [5, 5.41) is 14.7. The van der Waals surface area contributed by atoms with Crippen LogP contribution in [0.25, 0.3) is 10.9 Å². The van der Waals surface area contributed by atoms with E-state index >= 15 is 0 Å². The number of likely N-dealkylation sites (tertiary alicyclic amines) is 1. The fourth-order valence-corrected chi connectivity index (χ4v) is 2.81. The maximum absolute atomic E-state index is 9.48. The number of fused-ring (bicyclic) bond motifs is 1. The van der Waals surface area contributed by atoms with Crippen LogP contribution >= 0.6 is 0 Å². The van der Waals surface area contributed by atoms with Gasteiger partial charge in [-0.1, -0.05) is 0 Å². The highest BCUT2D eigenvalue weighted by Gasteiger charge is 2.12. The Morgan fingerprint density at radius 3 is 2.79 bits per heavy atom. The largest absolute Gasteiger partial charge is 0.508 e. The summed E-state index contributed by atoms with van der Waals surface area (Å²) in [5.74, 6) is 0.725. The molecule has 0 bridgehead atoms. The second-order valence-corrected chi connectivity index (χ2v) is 5.21. The Morgan fingerprint density at radius 1 is 1.21 bits per heavy atom. The minimum atomic E-state index is 0.232. The number of phenolic OH excluding ortho intramolecular Hbond substituents is 1. The van der Waals surface area contributed by atoms with Crippen molar-refractivity contribution in [3.05, 3.63) is 18.2 Å². The van der Waals surface area contributed by atoms with Crippen molar-refractivity contribution in [2.24, 2.45) is 0 Å². The highest BCUT2D eigenvalue weighted by molar-refractivity contribution is 5.90. The first-order valence-corrected chi connectivity index (χ1v) is 6.91. The van der Waals surface area contributed by atoms with Crippen LogP contribution < -0.4 is 5.73 Å². The summed E-state index contributed by atoms with van der Waals surface area (Å²) in [4.78, 5) is 2.50. The van der Waals surface area contributed by atoms with E-state index in [9.17, 15) is 5.11 Å². The number of nitrogen functional groups attached to an aromatic ring is 1. The number of aromatic hydroxyl groups is 1. The van der Waals surface area contributed by atoms with E-state index in [1.807, 2.05) is 10.7 Å². The van der Waals surface area contributed by atoms with E-state index in [2.05, 4.69) is 10.00 Å². The van der Waals surface area contributed by atoms with Crippen LogP contribution in [0.5, 0.6) is 5.75 Å². The van der Waals surface area contributed by atoms with Crippen LogP contribution in [-0.2, 0) is 6.54 Å². The average Bonchev–Trinajstić information content (AvgIpc) is 2.99. The molecule has 5 heteroatoms. The number of nitrogens with two attached hydrogens (primary N) is 1. The second kappa shape index (κ2) is 5.09. The lowest BCUT2D eigenvalue weighted by molar-refractivity contribution is 0.323. The molecule has 0 radical (unpaired) electrons. The Kier molecular flexibility index (Phi) is 3.29. The summed E-state index contributed by atoms with van der Waals surface area (Å²) in [6.07, 6.45) is 3.74. The minimum Gasteiger partial charge on any atom is -0.508 e. The first-order valence-electron chi connectivity index (χ1n) is 6.91. The van der Waals surface area contributed by atoms with Gasteiger partial charge >= 0.3 is 0 Å². The summed E-state index contributed by atoms with van der Waals surface area (Å²) >= 11 is 0. The first-order chi connectivity index (χ1) is 9.24. The van der Waals surface area contributed by atoms with Gasteiger partial charge in [0.15, 0.2) is 5.82 Å². The van der Waals surface area contributed by atoms with Crippen LogP contribution in [0.2, 0.25) is 0 Å². The molecule has 2 aromatic rings. The molecule has 3 rings (SSSR count). The maximum atomic E-state index is 9.48. The van der Waals surface area contributed by atoms with E-state index in [0.717, 1.165) is 30.4 Å². The van der Waals surface area contributed by atoms with E-state index in [1.54, 1.807) is 12.1 Å². The molecule has 1 fully saturated rings. The third-order valence-corrected chi connectivity index (χ3v) is 3.81. The van der Waals surface area contributed by atoms with Gasteiger partial charge in [0, 0.05) is 11.9 Å². The number of hydrogen-bond acceptors (Lipinski definition) is 4. The smallest absolute Gasteiger partial charge is 0.153 e. The van der Waals surface area contributed by atoms with Crippen molar-refractivity contribution in [1.29, 1.82) is 0 Å². The normalized spacial score (nSPS) is 16.4. The molecular weight excluding hydrogens is 240 g/mol. The second-order valence-electron chi connectivity index (χ2n) is 5.21. The molecule has 2 heterocycles. The fourth-order valence-electron chi connectivity index (χ4n) is 2.81. The summed E-state index contributed by atoms with van der Waals surface area (Å²) in [7, 11) is 0. The van der Waals surface area contributed by atoms with Gasteiger partial charge in [-0.05, 0) is 57.1 Å². The van der Waals surface area contributed by atoms with Crippen molar-refractivity contribution in [2.75, 3.05) is 25.4 Å². The molecule has 1 aromatic heterocycles. The van der Waals surface area contributed by atoms with E-state index in [-0.39, 0.29) is 5.75 Å². The summed E-state index contributed by atoms with van der Waals surface area (Å²) in [5.41, 5.74) is 6.88. The molecule has 0 unspecified atom stereocenters. The summed E-state index contributed by atoms with van der Waals surface area (Å²) < 4.78 is 1.94. The number of nitrogens with zero attached hydrogens (tertiary/aromatic N) is 3. The van der Waals surface area contributed by atoms with Crippen molar-refractivity contribution in [2.45, 2.75) is 25.8 Å². The van der Waals surface area contributed by atoms with Crippen molar-refractivity contribution in [3.8, 4) is 5.75 Å². The first kappa shape index (κ1) is 12.3. The highest BCUT2D eigenvalue weighted by atomic mass is 16.3. The molecular formula is C14H20N4O. The van der Waals surface area contributed by atoms with Crippen LogP contribution in [0.1, 0.15) is 19.3 Å². The Hall–Kier alpha value is -1.75. The molecule has 3 N–H and O–H groups in total. The average molecular weight is 260 g/mol. The van der Waals surface area contributed by atoms with Crippen molar-refractivity contribution < 1.29 is 5.11 Å². The van der Waals surface area contributed by atoms with Gasteiger partial charge in [-0.2, -0.15) is 5.10 Å². The molecule has 1 aromatic carbocycles. The number of phenols is 1. The van der Waals surface area contributed by atoms with Crippen LogP contribution in [0, 0.1) is 0 Å². The van der Waals surface area contributed by atoms with Gasteiger partial charge in [0.1, 0.15) is 5.75 Å². The van der Waals surface area contributed by atoms with Crippen LogP contribution in [0.15, 0.2) is 18.2 Å². The topological polar surface area (TPSA) is 67.3 Å². The summed E-state index contributed by atoms with van der Waals surface area (Å²) in [6, 6.07) is 5.24. The maximum Gasteiger partial charge on any atom is 0.153 e. The van der Waals surface area contributed by atoms with E-state index in [0.29, 0.717) is 5.82 Å². The molecule has 0 aliphatic carbocycles. The molecule has 0 atom stereocenters. The number of aryl methyl sites for hydroxylation is 1. The molecule has 5 nitrogen and oxygen atoms in total. The predicted octanol–water partition coefficient (Wildman–Crippen LogP) is 1.81. The third kappa shape index (κ3) is 2.51. The van der Waals surface area contributed by atoms with E-state index in [1.165, 1.54) is 25.9 Å². The fraction of sp³-hybridized carbons (Fsp3) is 0.500. The summed E-state index contributed by atoms with van der Waals surface area (Å²) in [6.45, 7) is 4.46. The number of benzene rings is 1. The standard InChI is InChI=1S/C14H20N4O/c15-14-12-10-11(19)4-5-13(12)18(16-14)9-3-8-17-6-1-2-7-17/h4-5,10,19H,1-3,6-9H2,(H2,15,16). The molecule has 102 valence electrons. The quantitative estimate of drug-likeness (QED) is 0.879. The molecule has 0 saturated carbocycles. The van der Waals surface area contributed by atoms with Crippen LogP contribution in [0.3, 0.4) is 0 Å². The Bertz CT molecular complexity index is 572. The van der Waals surface area contributed by atoms with Crippen molar-refractivity contribution >= 4 is 16.7 Å². The lowest BCUT2D eigenvalue weighted by Crippen LogP contribution is -2.21. The zero-order valence-electron chi connectivity index (χ0n) is 11.0. The molecule has 1 aliphatic rings. The number of anilines is 1. The zero-order valence-corrected chi connectivity index (χ0v) is 11.0. The Morgan fingerprint density at radius 2 is 2.00 bits per heavy atom. The van der Waals surface area contributed by atoms with Gasteiger partial charge in [0.05, 0.1) is 5.52 Å². The van der Waals surface area contributed by atoms with Gasteiger partial charge in [-0.3, -0.25) is 4.68 Å². The minimum absolute atomic E-state index is 0.232. The Balaban J connectivity index is 1.70. The van der Waals surface area contributed by atoms with Gasteiger partial charge in [-0.25, -0.2) is 0 Å². The van der Waals surface area contributed by atoms with E-state index < -0.39 is 0 Å². The van der Waals surface area contributed by atoms with Crippen molar-refractivity contribution in [1.82, 2.24) is 14.7 Å². The number of aromatic nitrogens is 2. The lowest BCUT2D eigenvalue weighted by Gasteiger charge is -2.14. The van der Waals surface area contributed by atoms with Crippen LogP contribution in [0.4, 0.5) is 5.82 Å². The van der Waals surface area contributed by atoms with Gasteiger partial charge in [0.2, 0.25) is 0 Å². The molecule has 19 heavy (non-hydrogen) atoms. The Labute approximate surface area is 112 Å². The number of hydrogen-bond donors (Lipinski definition) is 2. The third-order valence-electron chi connectivity index (χ3n) is 3.81. The monoisotopic (exact) mass is 260 g/mol. The van der Waals surface area contributed by atoms with Crippen LogP contribution in [-0.4, -0.2) is 39.4 Å². The van der Waals surface area contributed by atoms with Gasteiger partial charge < -0.3 is 15.7 Å². The van der Waals surface area contributed by atoms with Gasteiger partial charge in [0.25, 0.3) is 0 Å². The van der Waals surface area contributed by atoms with Gasteiger partial charge in [-0.15, -0.1) is 0 Å². The molecule has 0 amide bonds. The zero-order chi connectivity index (χ0) is 13.2. The van der Waals surface area contributed by atoms with Crippen molar-refractivity contribution in [3.63, 3.8) is 0 Å². The van der Waals surface area contributed by atoms with E-state index in [4.69, 9.17) is 5.73 Å². The molecule has 1 aliphatic heterocycles.